The van der Waals surface area contributed by atoms with Crippen molar-refractivity contribution in [3.8, 4) is 12.3 Å². The first-order valence-corrected chi connectivity index (χ1v) is 4.83. The number of rotatable bonds is 1. The fraction of sp³-hybridized carbons (Fsp3) is 0.250. The van der Waals surface area contributed by atoms with Crippen LogP contribution in [0, 0.1) is 12.3 Å². The molecule has 1 unspecified atom stereocenters. The molecule has 1 aromatic rings. The molecule has 1 heterocycles. The summed E-state index contributed by atoms with van der Waals surface area (Å²) in [6.45, 7) is 0.687. The third-order valence-electron chi connectivity index (χ3n) is 2.68. The van der Waals surface area contributed by atoms with E-state index in [4.69, 9.17) is 12.2 Å². The molecule has 1 aliphatic rings. The highest BCUT2D eigenvalue weighted by molar-refractivity contribution is 5.79. The van der Waals surface area contributed by atoms with E-state index in [0.29, 0.717) is 24.2 Å². The molecule has 1 aliphatic heterocycles. The van der Waals surface area contributed by atoms with Gasteiger partial charge in [-0.2, -0.15) is 0 Å². The minimum Gasteiger partial charge on any atom is -0.398 e. The predicted octanol–water partition coefficient (Wildman–Crippen LogP) is 0.854. The maximum atomic E-state index is 11.1. The Kier molecular flexibility index (Phi) is 2.34. The highest BCUT2D eigenvalue weighted by atomic mass is 16.1. The number of carbonyl (C=O) groups is 1. The van der Waals surface area contributed by atoms with Gasteiger partial charge >= 0.3 is 0 Å². The quantitative estimate of drug-likeness (QED) is 0.521. The summed E-state index contributed by atoms with van der Waals surface area (Å²) in [6, 6.07) is 5.62. The summed E-state index contributed by atoms with van der Waals surface area (Å²) in [4.78, 5) is 11.1. The maximum Gasteiger partial charge on any atom is 0.220 e. The number of amides is 1. The molecule has 1 fully saturated rings. The molecule has 1 aromatic carbocycles. The molecule has 1 atom stereocenters. The van der Waals surface area contributed by atoms with Crippen LogP contribution in [0.5, 0.6) is 0 Å². The minimum absolute atomic E-state index is 0.0964. The van der Waals surface area contributed by atoms with E-state index in [9.17, 15) is 4.79 Å². The summed E-state index contributed by atoms with van der Waals surface area (Å²) in [5, 5.41) is 2.80. The van der Waals surface area contributed by atoms with E-state index in [1.54, 1.807) is 6.07 Å². The van der Waals surface area contributed by atoms with Gasteiger partial charge < -0.3 is 11.1 Å². The van der Waals surface area contributed by atoms with Gasteiger partial charge in [-0.15, -0.1) is 6.42 Å². The molecule has 0 radical (unpaired) electrons. The lowest BCUT2D eigenvalue weighted by atomic mass is 9.96. The molecule has 0 spiro atoms. The summed E-state index contributed by atoms with van der Waals surface area (Å²) < 4.78 is 0. The number of nitrogens with one attached hydrogen (secondary N) is 1. The van der Waals surface area contributed by atoms with Crippen LogP contribution in [0.2, 0.25) is 0 Å². The molecule has 0 aromatic heterocycles. The molecule has 3 heteroatoms. The SMILES string of the molecule is C#Cc1cc(C2CNC(=O)C2)ccc1N. The van der Waals surface area contributed by atoms with Crippen LogP contribution < -0.4 is 11.1 Å². The van der Waals surface area contributed by atoms with Crippen molar-refractivity contribution >= 4 is 11.6 Å². The molecule has 1 saturated heterocycles. The number of nitrogen functional groups attached to an aromatic ring is 1. The first-order chi connectivity index (χ1) is 7.20. The van der Waals surface area contributed by atoms with Gasteiger partial charge in [0.05, 0.1) is 0 Å². The normalized spacial score (nSPS) is 19.7. The van der Waals surface area contributed by atoms with Crippen molar-refractivity contribution in [2.24, 2.45) is 0 Å². The Morgan fingerprint density at radius 3 is 2.93 bits per heavy atom. The van der Waals surface area contributed by atoms with Crippen molar-refractivity contribution in [3.63, 3.8) is 0 Å². The summed E-state index contributed by atoms with van der Waals surface area (Å²) in [7, 11) is 0. The van der Waals surface area contributed by atoms with Crippen molar-refractivity contribution in [2.75, 3.05) is 12.3 Å². The summed E-state index contributed by atoms with van der Waals surface area (Å²) in [6.07, 6.45) is 5.87. The second-order valence-corrected chi connectivity index (χ2v) is 3.70. The van der Waals surface area contributed by atoms with E-state index < -0.39 is 0 Å². The number of terminal acetylenes is 1. The van der Waals surface area contributed by atoms with Crippen LogP contribution in [0.25, 0.3) is 0 Å². The van der Waals surface area contributed by atoms with Crippen LogP contribution in [0.15, 0.2) is 18.2 Å². The van der Waals surface area contributed by atoms with Gasteiger partial charge in [0.1, 0.15) is 0 Å². The van der Waals surface area contributed by atoms with Crippen LogP contribution in [-0.2, 0) is 4.79 Å². The highest BCUT2D eigenvalue weighted by Crippen LogP contribution is 2.25. The van der Waals surface area contributed by atoms with Crippen LogP contribution in [-0.4, -0.2) is 12.5 Å². The molecule has 15 heavy (non-hydrogen) atoms. The Morgan fingerprint density at radius 1 is 1.53 bits per heavy atom. The zero-order valence-electron chi connectivity index (χ0n) is 8.29. The zero-order valence-corrected chi connectivity index (χ0v) is 8.29. The fourth-order valence-corrected chi connectivity index (χ4v) is 1.79. The molecular formula is C12H12N2O. The average Bonchev–Trinajstić information content (AvgIpc) is 2.66. The van der Waals surface area contributed by atoms with E-state index >= 15 is 0 Å². The van der Waals surface area contributed by atoms with E-state index in [1.165, 1.54) is 0 Å². The molecule has 2 rings (SSSR count). The van der Waals surface area contributed by atoms with Crippen molar-refractivity contribution < 1.29 is 4.79 Å². The Hall–Kier alpha value is -1.95. The third kappa shape index (κ3) is 1.79. The Balaban J connectivity index is 2.30. The number of hydrogen-bond donors (Lipinski definition) is 2. The van der Waals surface area contributed by atoms with Gasteiger partial charge in [0, 0.05) is 30.1 Å². The molecule has 76 valence electrons. The zero-order chi connectivity index (χ0) is 10.8. The van der Waals surface area contributed by atoms with Gasteiger partial charge in [-0.3, -0.25) is 4.79 Å². The second kappa shape index (κ2) is 3.66. The van der Waals surface area contributed by atoms with E-state index in [1.807, 2.05) is 12.1 Å². The van der Waals surface area contributed by atoms with Crippen LogP contribution in [0.1, 0.15) is 23.5 Å². The highest BCUT2D eigenvalue weighted by Gasteiger charge is 2.23. The van der Waals surface area contributed by atoms with Gasteiger partial charge in [-0.25, -0.2) is 0 Å². The van der Waals surface area contributed by atoms with E-state index in [-0.39, 0.29) is 11.8 Å². The van der Waals surface area contributed by atoms with Gasteiger partial charge in [-0.1, -0.05) is 12.0 Å². The molecule has 3 N–H and O–H groups in total. The number of nitrogens with two attached hydrogens (primary N) is 1. The van der Waals surface area contributed by atoms with Crippen molar-refractivity contribution in [1.82, 2.24) is 5.32 Å². The molecule has 3 nitrogen and oxygen atoms in total. The standard InChI is InChI=1S/C12H12N2O/c1-2-8-5-9(3-4-11(8)13)10-6-12(15)14-7-10/h1,3-5,10H,6-7,13H2,(H,14,15). The number of carbonyl (C=O) groups excluding carboxylic acids is 1. The summed E-state index contributed by atoms with van der Waals surface area (Å²) >= 11 is 0. The number of hydrogen-bond acceptors (Lipinski definition) is 2. The third-order valence-corrected chi connectivity index (χ3v) is 2.68. The van der Waals surface area contributed by atoms with Crippen LogP contribution >= 0.6 is 0 Å². The Labute approximate surface area is 88.7 Å². The van der Waals surface area contributed by atoms with Crippen molar-refractivity contribution in [1.29, 1.82) is 0 Å². The van der Waals surface area contributed by atoms with Crippen LogP contribution in [0.3, 0.4) is 0 Å². The summed E-state index contributed by atoms with van der Waals surface area (Å²) in [5.74, 6) is 2.86. The molecular weight excluding hydrogens is 188 g/mol. The first-order valence-electron chi connectivity index (χ1n) is 4.83. The van der Waals surface area contributed by atoms with Gasteiger partial charge in [0.25, 0.3) is 0 Å². The summed E-state index contributed by atoms with van der Waals surface area (Å²) in [5.41, 5.74) is 8.09. The minimum atomic E-state index is 0.0964. The smallest absolute Gasteiger partial charge is 0.220 e. The lowest BCUT2D eigenvalue weighted by Crippen LogP contribution is -2.13. The van der Waals surface area contributed by atoms with Crippen molar-refractivity contribution in [2.45, 2.75) is 12.3 Å². The maximum absolute atomic E-state index is 11.1. The monoisotopic (exact) mass is 200 g/mol. The topological polar surface area (TPSA) is 55.1 Å². The Bertz CT molecular complexity index is 445. The molecule has 0 bridgehead atoms. The lowest BCUT2D eigenvalue weighted by molar-refractivity contribution is -0.119. The fourth-order valence-electron chi connectivity index (χ4n) is 1.79. The van der Waals surface area contributed by atoms with E-state index in [0.717, 1.165) is 5.56 Å². The van der Waals surface area contributed by atoms with Crippen LogP contribution in [0.4, 0.5) is 5.69 Å². The number of benzene rings is 1. The Morgan fingerprint density at radius 2 is 2.33 bits per heavy atom. The van der Waals surface area contributed by atoms with Gasteiger partial charge in [-0.05, 0) is 17.7 Å². The largest absolute Gasteiger partial charge is 0.398 e. The first kappa shape index (κ1) is 9.60. The average molecular weight is 200 g/mol. The number of anilines is 1. The van der Waals surface area contributed by atoms with Gasteiger partial charge in [0.15, 0.2) is 0 Å². The predicted molar refractivity (Wildman–Crippen MR) is 59.2 cm³/mol. The second-order valence-electron chi connectivity index (χ2n) is 3.70. The van der Waals surface area contributed by atoms with Crippen molar-refractivity contribution in [3.05, 3.63) is 29.3 Å². The van der Waals surface area contributed by atoms with E-state index in [2.05, 4.69) is 11.2 Å². The molecule has 1 amide bonds. The van der Waals surface area contributed by atoms with Gasteiger partial charge in [0.2, 0.25) is 5.91 Å². The molecule has 0 aliphatic carbocycles. The lowest BCUT2D eigenvalue weighted by Gasteiger charge is -2.09. The molecule has 0 saturated carbocycles.